The van der Waals surface area contributed by atoms with E-state index in [1.807, 2.05) is 0 Å². The first kappa shape index (κ1) is 27.9. The molecule has 37 heavy (non-hydrogen) atoms. The molecule has 14 heteroatoms. The number of rotatable bonds is 7. The summed E-state index contributed by atoms with van der Waals surface area (Å²) in [5, 5.41) is 19.0. The Morgan fingerprint density at radius 1 is 0.946 bits per heavy atom. The molecule has 0 saturated carbocycles. The number of hydrazone groups is 1. The molecule has 3 aromatic carbocycles. The molecule has 0 spiro atoms. The summed E-state index contributed by atoms with van der Waals surface area (Å²) >= 11 is 0. The van der Waals surface area contributed by atoms with Gasteiger partial charge in [-0.1, -0.05) is 35.0 Å². The smallest absolute Gasteiger partial charge is 0.294 e. The van der Waals surface area contributed by atoms with Gasteiger partial charge in [0.1, 0.15) is 16.6 Å². The van der Waals surface area contributed by atoms with Crippen molar-refractivity contribution in [1.29, 1.82) is 0 Å². The fourth-order valence-corrected chi connectivity index (χ4v) is 4.38. The van der Waals surface area contributed by atoms with Crippen LogP contribution in [0.15, 0.2) is 80.7 Å². The number of benzene rings is 3. The lowest BCUT2D eigenvalue weighted by Crippen LogP contribution is -2.10. The molecule has 0 radical (unpaired) electrons. The number of phenols is 1. The highest BCUT2D eigenvalue weighted by Gasteiger charge is 2.24. The van der Waals surface area contributed by atoms with Gasteiger partial charge in [-0.25, -0.2) is 0 Å². The Bertz CT molecular complexity index is 1520. The fraction of sp³-hybridized carbons (Fsp3) is 0.130. The fourth-order valence-electron chi connectivity index (χ4n) is 3.27. The maximum atomic E-state index is 12.2. The summed E-state index contributed by atoms with van der Waals surface area (Å²) in [6.45, 7) is 2.75. The van der Waals surface area contributed by atoms with Crippen molar-refractivity contribution in [1.82, 2.24) is 0 Å². The standard InChI is InChI=1S/C23H24N4O8S2/c1-14-11-18(37(33,34)35)12-20(22(14)29)24-25-23(16-7-5-4-6-8-16)26-27(3)21-13-17(36(30,31)32)9-10-19(21)15(2)28/h4-13H,1-3H3,(H5,25,26,29,30,31,32,33,34,35)/p+1. The van der Waals surface area contributed by atoms with E-state index in [2.05, 4.69) is 15.6 Å². The van der Waals surface area contributed by atoms with Crippen molar-refractivity contribution in [3.05, 3.63) is 77.4 Å². The molecule has 0 fully saturated rings. The third-order valence-electron chi connectivity index (χ3n) is 5.14. The predicted octanol–water partition coefficient (Wildman–Crippen LogP) is 4.93. The highest BCUT2D eigenvalue weighted by molar-refractivity contribution is 8.19. The van der Waals surface area contributed by atoms with Gasteiger partial charge in [-0.2, -0.15) is 8.42 Å². The number of azo groups is 2. The number of anilines is 1. The number of phenolic OH excluding ortho intramolecular Hbond substituents is 1. The molecule has 0 atom stereocenters. The van der Waals surface area contributed by atoms with E-state index in [1.54, 1.807) is 30.3 Å². The lowest BCUT2D eigenvalue weighted by atomic mass is 10.1. The molecule has 196 valence electrons. The molecular formula is C23H25N4O8S2+. The number of carbonyl (C=O) groups is 1. The highest BCUT2D eigenvalue weighted by Crippen LogP contribution is 2.45. The van der Waals surface area contributed by atoms with Crippen molar-refractivity contribution in [2.75, 3.05) is 12.5 Å². The van der Waals surface area contributed by atoms with Crippen molar-refractivity contribution in [3.63, 3.8) is 0 Å². The molecule has 0 heterocycles. The first-order chi connectivity index (χ1) is 17.2. The number of nitrogens with zero attached hydrogens (tertiary/aromatic N) is 3. The Balaban J connectivity index is 2.16. The zero-order valence-electron chi connectivity index (χ0n) is 19.9. The number of hydrogen-bond donors (Lipinski definition) is 6. The molecule has 0 aromatic heterocycles. The quantitative estimate of drug-likeness (QED) is 0.0346. The molecule has 0 aliphatic rings. The van der Waals surface area contributed by atoms with Gasteiger partial charge >= 0.3 is 0 Å². The van der Waals surface area contributed by atoms with Crippen LogP contribution in [-0.2, 0) is 10.1 Å². The van der Waals surface area contributed by atoms with Crippen molar-refractivity contribution >= 4 is 44.0 Å². The zero-order valence-corrected chi connectivity index (χ0v) is 21.5. The van der Waals surface area contributed by atoms with Crippen molar-refractivity contribution < 1.29 is 41.2 Å². The van der Waals surface area contributed by atoms with Crippen LogP contribution in [0.3, 0.4) is 0 Å². The number of aryl methyl sites for hydroxylation is 1. The van der Waals surface area contributed by atoms with Gasteiger partial charge in [0.2, 0.25) is 11.5 Å². The van der Waals surface area contributed by atoms with Crippen LogP contribution in [0.2, 0.25) is 0 Å². The van der Waals surface area contributed by atoms with Gasteiger partial charge in [-0.15, -0.1) is 5.10 Å². The maximum Gasteiger partial charge on any atom is 0.294 e. The lowest BCUT2D eigenvalue weighted by Gasteiger charge is -2.19. The second kappa shape index (κ2) is 10.8. The van der Waals surface area contributed by atoms with Crippen LogP contribution in [0, 0.1) is 6.92 Å². The number of amidine groups is 1. The Kier molecular flexibility index (Phi) is 8.12. The van der Waals surface area contributed by atoms with E-state index in [0.29, 0.717) is 5.56 Å². The molecule has 0 aliphatic heterocycles. The maximum absolute atomic E-state index is 12.2. The first-order valence-electron chi connectivity index (χ1n) is 10.5. The van der Waals surface area contributed by atoms with E-state index in [4.69, 9.17) is 0 Å². The highest BCUT2D eigenvalue weighted by atomic mass is 32.3. The second-order valence-electron chi connectivity index (χ2n) is 7.90. The van der Waals surface area contributed by atoms with Crippen LogP contribution in [0.4, 0.5) is 11.4 Å². The Morgan fingerprint density at radius 2 is 1.59 bits per heavy atom. The average Bonchev–Trinajstić information content (AvgIpc) is 2.82. The minimum absolute atomic E-state index is 0.0212. The third-order valence-corrected chi connectivity index (χ3v) is 6.86. The predicted molar refractivity (Wildman–Crippen MR) is 138 cm³/mol. The summed E-state index contributed by atoms with van der Waals surface area (Å²) in [5.74, 6) is -0.638. The van der Waals surface area contributed by atoms with Gasteiger partial charge in [-0.3, -0.25) is 14.8 Å². The second-order valence-corrected chi connectivity index (χ2v) is 10.8. The van der Waals surface area contributed by atoms with Crippen molar-refractivity contribution in [2.24, 2.45) is 10.2 Å². The van der Waals surface area contributed by atoms with E-state index >= 15 is 0 Å². The van der Waals surface area contributed by atoms with Gasteiger partial charge < -0.3 is 18.8 Å². The molecule has 0 aliphatic carbocycles. The van der Waals surface area contributed by atoms with E-state index in [-0.39, 0.29) is 44.8 Å². The molecule has 6 N–H and O–H groups in total. The molecule has 0 amide bonds. The number of nitrogens with one attached hydrogen (secondary N) is 1. The van der Waals surface area contributed by atoms with Gasteiger partial charge in [0.25, 0.3) is 10.1 Å². The largest absolute Gasteiger partial charge is 0.505 e. The molecule has 0 unspecified atom stereocenters. The topological polar surface area (TPSA) is 192 Å². The number of carbonyl (C=O) groups excluding carboxylic acids is 1. The Labute approximate surface area is 214 Å². The van der Waals surface area contributed by atoms with E-state index in [0.717, 1.165) is 12.1 Å². The van der Waals surface area contributed by atoms with Gasteiger partial charge in [-0.05, 0) is 43.7 Å². The van der Waals surface area contributed by atoms with Crippen molar-refractivity contribution in [2.45, 2.75) is 23.6 Å². The van der Waals surface area contributed by atoms with Crippen LogP contribution in [0.25, 0.3) is 0 Å². The number of Topliss-reactive ketones (excluding diaryl/α,β-unsaturated/α-hetero) is 1. The summed E-state index contributed by atoms with van der Waals surface area (Å²) in [6.07, 6.45) is 0. The van der Waals surface area contributed by atoms with Crippen LogP contribution in [0.5, 0.6) is 5.75 Å². The molecular weight excluding hydrogens is 524 g/mol. The van der Waals surface area contributed by atoms with E-state index in [1.165, 1.54) is 43.8 Å². The zero-order chi connectivity index (χ0) is 27.5. The summed E-state index contributed by atoms with van der Waals surface area (Å²) in [7, 11) is -7.17. The average molecular weight is 550 g/mol. The molecule has 3 rings (SSSR count). The van der Waals surface area contributed by atoms with E-state index < -0.39 is 25.9 Å². The molecule has 12 nitrogen and oxygen atoms in total. The molecule has 0 bridgehead atoms. The Hall–Kier alpha value is -3.66. The summed E-state index contributed by atoms with van der Waals surface area (Å²) in [4.78, 5) is 11.5. The first-order valence-corrected chi connectivity index (χ1v) is 13.4. The Morgan fingerprint density at radius 3 is 2.16 bits per heavy atom. The van der Waals surface area contributed by atoms with Crippen LogP contribution in [-0.4, -0.2) is 55.1 Å². The van der Waals surface area contributed by atoms with Gasteiger partial charge in [0.05, 0.1) is 21.0 Å². The monoisotopic (exact) mass is 549 g/mol. The summed E-state index contributed by atoms with van der Waals surface area (Å²) in [6, 6.07) is 14.4. The lowest BCUT2D eigenvalue weighted by molar-refractivity contribution is -0.474. The van der Waals surface area contributed by atoms with Crippen molar-refractivity contribution in [3.8, 4) is 5.75 Å². The molecule has 0 saturated heterocycles. The minimum Gasteiger partial charge on any atom is -0.505 e. The third kappa shape index (κ3) is 6.76. The van der Waals surface area contributed by atoms with Gasteiger partial charge in [0, 0.05) is 16.7 Å². The summed E-state index contributed by atoms with van der Waals surface area (Å²) < 4.78 is 62.8. The number of ketones is 1. The van der Waals surface area contributed by atoms with Gasteiger partial charge in [0.15, 0.2) is 12.8 Å². The number of aromatic hydroxyl groups is 1. The number of hydrogen-bond acceptors (Lipinski definition) is 9. The normalized spacial score (nSPS) is 13.4. The summed E-state index contributed by atoms with van der Waals surface area (Å²) in [5.41, 5.74) is 3.38. The molecule has 3 aromatic rings. The van der Waals surface area contributed by atoms with Crippen LogP contribution in [0.1, 0.15) is 28.4 Å². The van der Waals surface area contributed by atoms with Crippen LogP contribution < -0.4 is 5.43 Å². The van der Waals surface area contributed by atoms with E-state index in [9.17, 15) is 36.5 Å². The SMILES string of the molecule is CC(=O)c1ccc(S(O)(O)O)cc1[N+](C)=N/C(=N\Nc1cc(S(=O)(=O)O)cc(C)c1O)c1ccccc1. The van der Waals surface area contributed by atoms with Crippen LogP contribution >= 0.6 is 10.9 Å². The minimum atomic E-state index is -4.56.